The molecule has 1 saturated heterocycles. The molecule has 7 nitrogen and oxygen atoms in total. The Balaban J connectivity index is 1.81. The maximum Gasteiger partial charge on any atom is 0.407 e. The van der Waals surface area contributed by atoms with Crippen molar-refractivity contribution in [3.05, 3.63) is 0 Å². The van der Waals surface area contributed by atoms with Crippen molar-refractivity contribution < 1.29 is 23.8 Å². The third-order valence-corrected chi connectivity index (χ3v) is 10.6. The van der Waals surface area contributed by atoms with E-state index in [4.69, 9.17) is 14.2 Å². The van der Waals surface area contributed by atoms with Gasteiger partial charge in [-0.3, -0.25) is 0 Å². The summed E-state index contributed by atoms with van der Waals surface area (Å²) < 4.78 is 16.7. The third kappa shape index (κ3) is 34.0. The zero-order chi connectivity index (χ0) is 36.7. The predicted molar refractivity (Wildman–Crippen MR) is 216 cm³/mol. The maximum atomic E-state index is 12.1. The molecule has 51 heavy (non-hydrogen) atoms. The van der Waals surface area contributed by atoms with Crippen molar-refractivity contribution in [3.8, 4) is 0 Å². The van der Waals surface area contributed by atoms with E-state index in [0.29, 0.717) is 13.1 Å². The minimum absolute atomic E-state index is 0.131. The molecule has 1 heterocycles. The average molecular weight is 723 g/mol. The second kappa shape index (κ2) is 38.2. The number of rotatable bonds is 38. The Labute approximate surface area is 316 Å². The van der Waals surface area contributed by atoms with Crippen LogP contribution in [-0.4, -0.2) is 50.7 Å². The Kier molecular flexibility index (Phi) is 35.6. The summed E-state index contributed by atoms with van der Waals surface area (Å²) in [6, 6.07) is 0. The quantitative estimate of drug-likeness (QED) is 0.0620. The number of amides is 2. The van der Waals surface area contributed by atoms with Gasteiger partial charge in [0.2, 0.25) is 0 Å². The van der Waals surface area contributed by atoms with Crippen molar-refractivity contribution in [2.24, 2.45) is 0 Å². The third-order valence-electron chi connectivity index (χ3n) is 10.6. The summed E-state index contributed by atoms with van der Waals surface area (Å²) in [5.74, 6) is 0. The Morgan fingerprint density at radius 1 is 0.412 bits per heavy atom. The highest BCUT2D eigenvalue weighted by Gasteiger charge is 2.27. The predicted octanol–water partition coefficient (Wildman–Crippen LogP) is 13.5. The molecule has 2 atom stereocenters. The topological polar surface area (TPSA) is 85.9 Å². The standard InChI is InChI=1S/C44H86N2O5/c1-3-5-7-9-11-13-15-17-19-21-23-25-27-29-31-33-37-45-43(47)49-39-41-35-36-42(51-41)40-50-44(48)46-38-34-32-30-28-26-24-22-20-18-16-14-12-10-8-6-4-2/h41-42H,3-40H2,1-2H3,(H,45,47)(H,46,48)/t41-,42-/m0/s1. The van der Waals surface area contributed by atoms with Gasteiger partial charge < -0.3 is 24.8 Å². The van der Waals surface area contributed by atoms with Crippen LogP contribution in [0.4, 0.5) is 9.59 Å². The summed E-state index contributed by atoms with van der Waals surface area (Å²) in [5, 5.41) is 5.74. The highest BCUT2D eigenvalue weighted by atomic mass is 16.6. The molecule has 1 aliphatic heterocycles. The van der Waals surface area contributed by atoms with Gasteiger partial charge in [-0.1, -0.05) is 206 Å². The van der Waals surface area contributed by atoms with Gasteiger partial charge in [-0.15, -0.1) is 0 Å². The molecule has 0 aromatic heterocycles. The Morgan fingerprint density at radius 2 is 0.647 bits per heavy atom. The molecule has 0 bridgehead atoms. The molecule has 0 spiro atoms. The molecule has 7 heteroatoms. The van der Waals surface area contributed by atoms with Gasteiger partial charge in [-0.05, 0) is 25.7 Å². The molecular weight excluding hydrogens is 636 g/mol. The zero-order valence-electron chi connectivity index (χ0n) is 34.1. The van der Waals surface area contributed by atoms with Gasteiger partial charge in [0.05, 0.1) is 12.2 Å². The molecular formula is C44H86N2O5. The van der Waals surface area contributed by atoms with Gasteiger partial charge in [0.25, 0.3) is 0 Å². The number of ether oxygens (including phenoxy) is 3. The highest BCUT2D eigenvalue weighted by molar-refractivity contribution is 5.67. The molecule has 302 valence electrons. The summed E-state index contributed by atoms with van der Waals surface area (Å²) in [6.45, 7) is 6.37. The number of carbonyl (C=O) groups is 2. The summed E-state index contributed by atoms with van der Waals surface area (Å²) in [6.07, 6.45) is 43.5. The molecule has 1 aliphatic rings. The van der Waals surface area contributed by atoms with E-state index in [9.17, 15) is 9.59 Å². The molecule has 2 N–H and O–H groups in total. The smallest absolute Gasteiger partial charge is 0.407 e. The van der Waals surface area contributed by atoms with Crippen molar-refractivity contribution in [2.75, 3.05) is 26.3 Å². The second-order valence-corrected chi connectivity index (χ2v) is 15.6. The summed E-state index contributed by atoms with van der Waals surface area (Å²) >= 11 is 0. The van der Waals surface area contributed by atoms with Crippen LogP contribution in [0, 0.1) is 0 Å². The van der Waals surface area contributed by atoms with Gasteiger partial charge in [0.15, 0.2) is 0 Å². The van der Waals surface area contributed by atoms with E-state index in [1.807, 2.05) is 0 Å². The fourth-order valence-electron chi connectivity index (χ4n) is 7.19. The van der Waals surface area contributed by atoms with Crippen LogP contribution in [0.5, 0.6) is 0 Å². The maximum absolute atomic E-state index is 12.1. The lowest BCUT2D eigenvalue weighted by atomic mass is 10.0. The summed E-state index contributed by atoms with van der Waals surface area (Å²) in [7, 11) is 0. The number of hydrogen-bond donors (Lipinski definition) is 2. The van der Waals surface area contributed by atoms with E-state index in [1.165, 1.54) is 180 Å². The van der Waals surface area contributed by atoms with Crippen LogP contribution in [-0.2, 0) is 14.2 Å². The number of carbonyl (C=O) groups excluding carboxylic acids is 2. The molecule has 0 aromatic rings. The number of nitrogens with one attached hydrogen (secondary N) is 2. The molecule has 0 unspecified atom stereocenters. The van der Waals surface area contributed by atoms with E-state index in [-0.39, 0.29) is 37.6 Å². The van der Waals surface area contributed by atoms with E-state index >= 15 is 0 Å². The first kappa shape index (κ1) is 47.5. The minimum Gasteiger partial charge on any atom is -0.447 e. The van der Waals surface area contributed by atoms with Crippen LogP contribution in [0.2, 0.25) is 0 Å². The lowest BCUT2D eigenvalue weighted by Gasteiger charge is -2.15. The monoisotopic (exact) mass is 723 g/mol. The Bertz CT molecular complexity index is 691. The SMILES string of the molecule is CCCCCCCCCCCCCCCCCCNC(=O)OC[C@@H]1CC[C@@H](COC(=O)NCCCCCCCCCCCCCCCCCC)O1. The molecule has 0 radical (unpaired) electrons. The van der Waals surface area contributed by atoms with Gasteiger partial charge in [-0.25, -0.2) is 9.59 Å². The van der Waals surface area contributed by atoms with Crippen LogP contribution >= 0.6 is 0 Å². The van der Waals surface area contributed by atoms with Crippen LogP contribution in [0.15, 0.2) is 0 Å². The van der Waals surface area contributed by atoms with Crippen LogP contribution in [0.3, 0.4) is 0 Å². The van der Waals surface area contributed by atoms with Crippen LogP contribution in [0.1, 0.15) is 232 Å². The number of hydrogen-bond acceptors (Lipinski definition) is 5. The lowest BCUT2D eigenvalue weighted by molar-refractivity contribution is -0.0197. The van der Waals surface area contributed by atoms with Gasteiger partial charge >= 0.3 is 12.2 Å². The first-order chi connectivity index (χ1) is 25.2. The molecule has 0 aromatic carbocycles. The van der Waals surface area contributed by atoms with Crippen molar-refractivity contribution in [2.45, 2.75) is 244 Å². The summed E-state index contributed by atoms with van der Waals surface area (Å²) in [5.41, 5.74) is 0. The molecule has 0 saturated carbocycles. The van der Waals surface area contributed by atoms with Crippen molar-refractivity contribution >= 4 is 12.2 Å². The molecule has 1 fully saturated rings. The van der Waals surface area contributed by atoms with Crippen LogP contribution in [0.25, 0.3) is 0 Å². The number of alkyl carbamates (subject to hydrolysis) is 2. The van der Waals surface area contributed by atoms with E-state index < -0.39 is 0 Å². The normalized spacial score (nSPS) is 15.6. The number of unbranched alkanes of at least 4 members (excludes halogenated alkanes) is 30. The fraction of sp³-hybridized carbons (Fsp3) is 0.955. The molecule has 1 rings (SSSR count). The fourth-order valence-corrected chi connectivity index (χ4v) is 7.19. The largest absolute Gasteiger partial charge is 0.447 e. The van der Waals surface area contributed by atoms with Gasteiger partial charge in [0.1, 0.15) is 13.2 Å². The van der Waals surface area contributed by atoms with Crippen LogP contribution < -0.4 is 10.6 Å². The first-order valence-electron chi connectivity index (χ1n) is 22.6. The Hall–Kier alpha value is -1.50. The van der Waals surface area contributed by atoms with Crippen molar-refractivity contribution in [1.29, 1.82) is 0 Å². The van der Waals surface area contributed by atoms with E-state index in [1.54, 1.807) is 0 Å². The zero-order valence-corrected chi connectivity index (χ0v) is 34.1. The van der Waals surface area contributed by atoms with Crippen molar-refractivity contribution in [3.63, 3.8) is 0 Å². The van der Waals surface area contributed by atoms with Gasteiger partial charge in [-0.2, -0.15) is 0 Å². The van der Waals surface area contributed by atoms with Gasteiger partial charge in [0, 0.05) is 13.1 Å². The average Bonchev–Trinajstić information content (AvgIpc) is 3.60. The molecule has 2 amide bonds. The van der Waals surface area contributed by atoms with Crippen molar-refractivity contribution in [1.82, 2.24) is 10.6 Å². The van der Waals surface area contributed by atoms with E-state index in [2.05, 4.69) is 24.5 Å². The highest BCUT2D eigenvalue weighted by Crippen LogP contribution is 2.20. The Morgan fingerprint density at radius 3 is 0.902 bits per heavy atom. The van der Waals surface area contributed by atoms with E-state index in [0.717, 1.165) is 38.5 Å². The second-order valence-electron chi connectivity index (χ2n) is 15.6. The summed E-state index contributed by atoms with van der Waals surface area (Å²) in [4.78, 5) is 24.2. The minimum atomic E-state index is -0.368. The molecule has 0 aliphatic carbocycles. The lowest BCUT2D eigenvalue weighted by Crippen LogP contribution is -2.30. The first-order valence-corrected chi connectivity index (χ1v) is 22.6.